The van der Waals surface area contributed by atoms with Crippen molar-refractivity contribution >= 4 is 11.9 Å². The molecule has 0 unspecified atom stereocenters. The third-order valence-electron chi connectivity index (χ3n) is 2.05. The summed E-state index contributed by atoms with van der Waals surface area (Å²) >= 11 is 0. The minimum absolute atomic E-state index is 0.138. The zero-order chi connectivity index (χ0) is 11.5. The Hall–Kier alpha value is -1.32. The number of rotatable bonds is 9. The van der Waals surface area contributed by atoms with E-state index in [0.29, 0.717) is 6.54 Å². The molecule has 0 aromatic rings. The standard InChI is InChI=1S/C11H19NO3/c1-2-10(13)12-9-7-5-3-4-6-8-11(14)15/h2H,1,3-9H2,(H,12,13)(H,14,15). The van der Waals surface area contributed by atoms with Gasteiger partial charge in [0.1, 0.15) is 0 Å². The molecular weight excluding hydrogens is 194 g/mol. The van der Waals surface area contributed by atoms with Gasteiger partial charge in [-0.25, -0.2) is 0 Å². The average molecular weight is 213 g/mol. The van der Waals surface area contributed by atoms with Crippen molar-refractivity contribution < 1.29 is 14.7 Å². The molecule has 0 heterocycles. The van der Waals surface area contributed by atoms with E-state index in [-0.39, 0.29) is 12.3 Å². The van der Waals surface area contributed by atoms with E-state index in [2.05, 4.69) is 11.9 Å². The SMILES string of the molecule is C=CC(=O)NCCCCCCCC(=O)O. The second kappa shape index (κ2) is 9.24. The fourth-order valence-electron chi connectivity index (χ4n) is 1.22. The molecule has 86 valence electrons. The maximum atomic E-state index is 10.7. The molecule has 0 bridgehead atoms. The minimum Gasteiger partial charge on any atom is -0.481 e. The number of amides is 1. The molecule has 0 aliphatic rings. The van der Waals surface area contributed by atoms with Crippen molar-refractivity contribution in [3.05, 3.63) is 12.7 Å². The number of aliphatic carboxylic acids is 1. The second-order valence-electron chi connectivity index (χ2n) is 3.41. The van der Waals surface area contributed by atoms with Crippen molar-refractivity contribution in [3.63, 3.8) is 0 Å². The van der Waals surface area contributed by atoms with Crippen molar-refractivity contribution in [3.8, 4) is 0 Å². The predicted octanol–water partition coefficient (Wildman–Crippen LogP) is 1.71. The fourth-order valence-corrected chi connectivity index (χ4v) is 1.22. The molecule has 15 heavy (non-hydrogen) atoms. The lowest BCUT2D eigenvalue weighted by Gasteiger charge is -2.01. The predicted molar refractivity (Wildman–Crippen MR) is 58.5 cm³/mol. The van der Waals surface area contributed by atoms with E-state index in [0.717, 1.165) is 32.1 Å². The Bertz CT molecular complexity index is 214. The van der Waals surface area contributed by atoms with Crippen LogP contribution >= 0.6 is 0 Å². The lowest BCUT2D eigenvalue weighted by molar-refractivity contribution is -0.137. The van der Waals surface area contributed by atoms with Crippen molar-refractivity contribution in [1.82, 2.24) is 5.32 Å². The highest BCUT2D eigenvalue weighted by Gasteiger charge is 1.96. The Morgan fingerprint density at radius 1 is 1.13 bits per heavy atom. The van der Waals surface area contributed by atoms with E-state index in [4.69, 9.17) is 5.11 Å². The molecule has 0 rings (SSSR count). The summed E-state index contributed by atoms with van der Waals surface area (Å²) in [5.41, 5.74) is 0. The molecule has 0 radical (unpaired) electrons. The number of hydrogen-bond donors (Lipinski definition) is 2. The Morgan fingerprint density at radius 2 is 1.73 bits per heavy atom. The van der Waals surface area contributed by atoms with Gasteiger partial charge in [0, 0.05) is 13.0 Å². The third-order valence-corrected chi connectivity index (χ3v) is 2.05. The minimum atomic E-state index is -0.728. The third kappa shape index (κ3) is 10.6. The van der Waals surface area contributed by atoms with Gasteiger partial charge in [0.2, 0.25) is 5.91 Å². The van der Waals surface area contributed by atoms with Crippen LogP contribution < -0.4 is 5.32 Å². The first-order chi connectivity index (χ1) is 7.16. The maximum absolute atomic E-state index is 10.7. The summed E-state index contributed by atoms with van der Waals surface area (Å²) in [5, 5.41) is 11.1. The van der Waals surface area contributed by atoms with Gasteiger partial charge in [-0.15, -0.1) is 0 Å². The van der Waals surface area contributed by atoms with Crippen molar-refractivity contribution in [1.29, 1.82) is 0 Å². The van der Waals surface area contributed by atoms with Crippen molar-refractivity contribution in [2.75, 3.05) is 6.54 Å². The van der Waals surface area contributed by atoms with Crippen molar-refractivity contribution in [2.24, 2.45) is 0 Å². The smallest absolute Gasteiger partial charge is 0.303 e. The summed E-state index contributed by atoms with van der Waals surface area (Å²) in [4.78, 5) is 20.9. The quantitative estimate of drug-likeness (QED) is 0.452. The van der Waals surface area contributed by atoms with Gasteiger partial charge >= 0.3 is 5.97 Å². The van der Waals surface area contributed by atoms with Gasteiger partial charge < -0.3 is 10.4 Å². The molecule has 0 saturated heterocycles. The number of carboxylic acids is 1. The highest BCUT2D eigenvalue weighted by molar-refractivity contribution is 5.86. The van der Waals surface area contributed by atoms with E-state index in [1.165, 1.54) is 6.08 Å². The van der Waals surface area contributed by atoms with Crippen LogP contribution in [0.3, 0.4) is 0 Å². The van der Waals surface area contributed by atoms with E-state index < -0.39 is 5.97 Å². The summed E-state index contributed by atoms with van der Waals surface area (Å²) in [6.07, 6.45) is 6.19. The van der Waals surface area contributed by atoms with Crippen LogP contribution in [-0.2, 0) is 9.59 Å². The molecule has 0 saturated carbocycles. The van der Waals surface area contributed by atoms with Gasteiger partial charge in [-0.3, -0.25) is 9.59 Å². The maximum Gasteiger partial charge on any atom is 0.303 e. The highest BCUT2D eigenvalue weighted by atomic mass is 16.4. The molecule has 0 aliphatic heterocycles. The molecule has 0 spiro atoms. The van der Waals surface area contributed by atoms with Crippen LogP contribution in [0.25, 0.3) is 0 Å². The lowest BCUT2D eigenvalue weighted by Crippen LogP contribution is -2.21. The summed E-state index contributed by atoms with van der Waals surface area (Å²) in [7, 11) is 0. The Balaban J connectivity index is 3.08. The number of hydrogen-bond acceptors (Lipinski definition) is 2. The number of carbonyl (C=O) groups is 2. The number of carboxylic acid groups (broad SMARTS) is 1. The van der Waals surface area contributed by atoms with E-state index in [9.17, 15) is 9.59 Å². The molecule has 0 aromatic heterocycles. The van der Waals surface area contributed by atoms with Gasteiger partial charge in [0.05, 0.1) is 0 Å². The zero-order valence-electron chi connectivity index (χ0n) is 9.00. The van der Waals surface area contributed by atoms with E-state index in [1.54, 1.807) is 0 Å². The molecule has 1 amide bonds. The summed E-state index contributed by atoms with van der Waals surface area (Å²) < 4.78 is 0. The summed E-state index contributed by atoms with van der Waals surface area (Å²) in [6, 6.07) is 0. The summed E-state index contributed by atoms with van der Waals surface area (Å²) in [6.45, 7) is 4.02. The number of carbonyl (C=O) groups excluding carboxylic acids is 1. The first-order valence-electron chi connectivity index (χ1n) is 5.29. The van der Waals surface area contributed by atoms with Gasteiger partial charge in [0.25, 0.3) is 0 Å². The zero-order valence-corrected chi connectivity index (χ0v) is 9.00. The lowest BCUT2D eigenvalue weighted by atomic mass is 10.1. The largest absolute Gasteiger partial charge is 0.481 e. The van der Waals surface area contributed by atoms with Gasteiger partial charge in [0.15, 0.2) is 0 Å². The Morgan fingerprint density at radius 3 is 2.33 bits per heavy atom. The van der Waals surface area contributed by atoms with Crippen molar-refractivity contribution in [2.45, 2.75) is 38.5 Å². The van der Waals surface area contributed by atoms with Crippen LogP contribution in [0.5, 0.6) is 0 Å². The fraction of sp³-hybridized carbons (Fsp3) is 0.636. The normalized spacial score (nSPS) is 9.60. The van der Waals surface area contributed by atoms with Gasteiger partial charge in [-0.05, 0) is 18.9 Å². The van der Waals surface area contributed by atoms with Gasteiger partial charge in [-0.2, -0.15) is 0 Å². The van der Waals surface area contributed by atoms with Gasteiger partial charge in [-0.1, -0.05) is 25.8 Å². The van der Waals surface area contributed by atoms with Crippen LogP contribution in [0.4, 0.5) is 0 Å². The average Bonchev–Trinajstić information content (AvgIpc) is 2.21. The highest BCUT2D eigenvalue weighted by Crippen LogP contribution is 2.04. The van der Waals surface area contributed by atoms with Crippen LogP contribution in [-0.4, -0.2) is 23.5 Å². The Kier molecular flexibility index (Phi) is 8.43. The van der Waals surface area contributed by atoms with Crippen LogP contribution in [0, 0.1) is 0 Å². The molecular formula is C11H19NO3. The van der Waals surface area contributed by atoms with E-state index >= 15 is 0 Å². The first-order valence-corrected chi connectivity index (χ1v) is 5.29. The first kappa shape index (κ1) is 13.7. The summed E-state index contributed by atoms with van der Waals surface area (Å²) in [5.74, 6) is -0.867. The van der Waals surface area contributed by atoms with E-state index in [1.807, 2.05) is 0 Å². The molecule has 0 atom stereocenters. The van der Waals surface area contributed by atoms with Crippen LogP contribution in [0.1, 0.15) is 38.5 Å². The molecule has 0 aliphatic carbocycles. The van der Waals surface area contributed by atoms with Crippen LogP contribution in [0.2, 0.25) is 0 Å². The topological polar surface area (TPSA) is 66.4 Å². The monoisotopic (exact) mass is 213 g/mol. The molecule has 4 nitrogen and oxygen atoms in total. The molecule has 4 heteroatoms. The second-order valence-corrected chi connectivity index (χ2v) is 3.41. The van der Waals surface area contributed by atoms with Crippen LogP contribution in [0.15, 0.2) is 12.7 Å². The Labute approximate surface area is 90.4 Å². The molecule has 0 aromatic carbocycles. The molecule has 2 N–H and O–H groups in total. The number of unbranched alkanes of at least 4 members (excludes halogenated alkanes) is 4. The number of nitrogens with one attached hydrogen (secondary N) is 1. The molecule has 0 fully saturated rings.